The van der Waals surface area contributed by atoms with Gasteiger partial charge in [-0.3, -0.25) is 9.69 Å². The van der Waals surface area contributed by atoms with Crippen LogP contribution in [-0.2, 0) is 14.3 Å². The molecule has 2 fully saturated rings. The monoisotopic (exact) mass is 275 g/mol. The first-order valence-electron chi connectivity index (χ1n) is 6.34. The first-order chi connectivity index (χ1) is 9.52. The summed E-state index contributed by atoms with van der Waals surface area (Å²) in [7, 11) is 0. The average Bonchev–Trinajstić information content (AvgIpc) is 3.10. The van der Waals surface area contributed by atoms with Crippen LogP contribution in [0.2, 0.25) is 0 Å². The van der Waals surface area contributed by atoms with Gasteiger partial charge in [0.15, 0.2) is 5.82 Å². The third-order valence-electron chi connectivity index (χ3n) is 4.26. The normalized spacial score (nSPS) is 37.8. The Kier molecular flexibility index (Phi) is 2.03. The van der Waals surface area contributed by atoms with E-state index in [2.05, 4.69) is 5.16 Å². The molecule has 7 heteroatoms. The molecule has 4 rings (SSSR count). The number of ether oxygens (including phenoxy) is 1. The third-order valence-corrected chi connectivity index (χ3v) is 4.26. The second kappa shape index (κ2) is 3.49. The highest BCUT2D eigenvalue weighted by Gasteiger charge is 2.65. The smallest absolute Gasteiger partial charge is 0.235 e. The molecule has 0 aliphatic carbocycles. The van der Waals surface area contributed by atoms with Gasteiger partial charge >= 0.3 is 0 Å². The van der Waals surface area contributed by atoms with Crippen molar-refractivity contribution in [3.8, 4) is 0 Å². The van der Waals surface area contributed by atoms with Crippen LogP contribution in [0.5, 0.6) is 0 Å². The maximum Gasteiger partial charge on any atom is 0.235 e. The second-order valence-corrected chi connectivity index (χ2v) is 5.44. The predicted molar refractivity (Wildman–Crippen MR) is 62.3 cm³/mol. The molecule has 0 N–H and O–H groups in total. The third kappa shape index (κ3) is 1.25. The number of carboxylic acid groups (broad SMARTS) is 1. The number of aliphatic carboxylic acids is 1. The molecule has 4 atom stereocenters. The molecule has 1 aromatic rings. The van der Waals surface area contributed by atoms with Crippen LogP contribution in [0.4, 0.5) is 5.82 Å². The van der Waals surface area contributed by atoms with E-state index in [-0.39, 0.29) is 12.5 Å². The fraction of sp³-hybridized carbons (Fsp3) is 0.462. The summed E-state index contributed by atoms with van der Waals surface area (Å²) >= 11 is 0. The molecule has 7 nitrogen and oxygen atoms in total. The van der Waals surface area contributed by atoms with Gasteiger partial charge in [-0.05, 0) is 6.92 Å². The van der Waals surface area contributed by atoms with E-state index in [9.17, 15) is 14.7 Å². The number of amides is 1. The van der Waals surface area contributed by atoms with Crippen LogP contribution in [0.1, 0.15) is 5.76 Å². The summed E-state index contributed by atoms with van der Waals surface area (Å²) in [6.07, 6.45) is 2.91. The van der Waals surface area contributed by atoms with Crippen molar-refractivity contribution in [1.29, 1.82) is 0 Å². The minimum Gasteiger partial charge on any atom is -0.550 e. The van der Waals surface area contributed by atoms with Gasteiger partial charge in [0.1, 0.15) is 11.4 Å². The Morgan fingerprint density at radius 1 is 1.60 bits per heavy atom. The first kappa shape index (κ1) is 11.7. The number of fused-ring (bicyclic) bond motifs is 1. The fourth-order valence-electron chi connectivity index (χ4n) is 3.44. The van der Waals surface area contributed by atoms with Gasteiger partial charge in [0, 0.05) is 18.0 Å². The number of aryl methyl sites for hydroxylation is 1. The second-order valence-electron chi connectivity index (χ2n) is 5.44. The summed E-state index contributed by atoms with van der Waals surface area (Å²) in [6.45, 7) is 1.97. The van der Waals surface area contributed by atoms with Gasteiger partial charge in [-0.1, -0.05) is 17.3 Å². The number of rotatable bonds is 2. The van der Waals surface area contributed by atoms with Gasteiger partial charge in [-0.25, -0.2) is 0 Å². The lowest BCUT2D eigenvalue weighted by molar-refractivity contribution is -0.313. The zero-order valence-corrected chi connectivity index (χ0v) is 10.6. The summed E-state index contributed by atoms with van der Waals surface area (Å²) in [5.41, 5.74) is -0.876. The summed E-state index contributed by atoms with van der Waals surface area (Å²) in [4.78, 5) is 25.2. The molecule has 4 heterocycles. The van der Waals surface area contributed by atoms with Crippen LogP contribution in [0.25, 0.3) is 0 Å². The summed E-state index contributed by atoms with van der Waals surface area (Å²) in [6, 6.07) is 1.64. The molecule has 2 saturated heterocycles. The standard InChI is InChI=1S/C13H12N2O5/c1-6-4-8(14-20-6)15-5-13-3-2-7(19-13)9(12(17)18)10(13)11(15)16/h2-4,7,9-10H,5H2,1H3,(H,17,18)/p-1/t7-,9-,10+,13-/m0/s1. The number of carbonyl (C=O) groups is 2. The van der Waals surface area contributed by atoms with Crippen LogP contribution in [0.15, 0.2) is 22.7 Å². The lowest BCUT2D eigenvalue weighted by atomic mass is 9.77. The molecule has 0 saturated carbocycles. The van der Waals surface area contributed by atoms with E-state index in [4.69, 9.17) is 9.26 Å². The Labute approximate surface area is 113 Å². The molecule has 104 valence electrons. The number of carboxylic acids is 1. The number of carbonyl (C=O) groups excluding carboxylic acids is 2. The van der Waals surface area contributed by atoms with E-state index in [0.717, 1.165) is 0 Å². The van der Waals surface area contributed by atoms with Crippen molar-refractivity contribution in [3.63, 3.8) is 0 Å². The molecular formula is C13H11N2O5-. The molecule has 0 radical (unpaired) electrons. The summed E-state index contributed by atoms with van der Waals surface area (Å²) in [5.74, 6) is -2.28. The van der Waals surface area contributed by atoms with E-state index in [1.165, 1.54) is 4.90 Å². The lowest BCUT2D eigenvalue weighted by Gasteiger charge is -2.24. The topological polar surface area (TPSA) is 95.7 Å². The van der Waals surface area contributed by atoms with Crippen molar-refractivity contribution >= 4 is 17.7 Å². The highest BCUT2D eigenvalue weighted by atomic mass is 16.5. The van der Waals surface area contributed by atoms with E-state index in [1.807, 2.05) is 0 Å². The molecule has 1 aromatic heterocycles. The SMILES string of the molecule is Cc1cc(N2C[C@]34C=C[C@H](O3)[C@H](C(=O)[O-])[C@@H]4C2=O)no1. The maximum atomic E-state index is 12.5. The summed E-state index contributed by atoms with van der Waals surface area (Å²) < 4.78 is 10.7. The highest BCUT2D eigenvalue weighted by molar-refractivity contribution is 6.01. The molecule has 0 unspecified atom stereocenters. The summed E-state index contributed by atoms with van der Waals surface area (Å²) in [5, 5.41) is 15.1. The minimum atomic E-state index is -1.25. The Balaban J connectivity index is 1.75. The number of aromatic nitrogens is 1. The van der Waals surface area contributed by atoms with Gasteiger partial charge in [0.2, 0.25) is 5.91 Å². The lowest BCUT2D eigenvalue weighted by Crippen LogP contribution is -2.45. The van der Waals surface area contributed by atoms with Crippen molar-refractivity contribution < 1.29 is 24.0 Å². The Bertz CT molecular complexity index is 651. The van der Waals surface area contributed by atoms with Crippen molar-refractivity contribution in [1.82, 2.24) is 5.16 Å². The zero-order chi connectivity index (χ0) is 14.1. The van der Waals surface area contributed by atoms with Gasteiger partial charge in [-0.15, -0.1) is 0 Å². The number of anilines is 1. The average molecular weight is 275 g/mol. The van der Waals surface area contributed by atoms with Crippen LogP contribution < -0.4 is 10.0 Å². The van der Waals surface area contributed by atoms with Crippen LogP contribution in [-0.4, -0.2) is 35.3 Å². The molecule has 1 spiro atoms. The molecule has 20 heavy (non-hydrogen) atoms. The van der Waals surface area contributed by atoms with Gasteiger partial charge in [-0.2, -0.15) is 0 Å². The number of nitrogens with zero attached hydrogens (tertiary/aromatic N) is 2. The molecule has 0 aromatic carbocycles. The Morgan fingerprint density at radius 2 is 2.40 bits per heavy atom. The molecule has 3 aliphatic heterocycles. The van der Waals surface area contributed by atoms with Crippen molar-refractivity contribution in [2.24, 2.45) is 11.8 Å². The zero-order valence-electron chi connectivity index (χ0n) is 10.6. The Hall–Kier alpha value is -2.15. The highest BCUT2D eigenvalue weighted by Crippen LogP contribution is 2.52. The number of hydrogen-bond donors (Lipinski definition) is 0. The van der Waals surface area contributed by atoms with Gasteiger partial charge in [0.25, 0.3) is 0 Å². The van der Waals surface area contributed by atoms with E-state index in [1.54, 1.807) is 25.1 Å². The van der Waals surface area contributed by atoms with E-state index in [0.29, 0.717) is 11.6 Å². The van der Waals surface area contributed by atoms with Gasteiger partial charge in [0.05, 0.1) is 18.6 Å². The van der Waals surface area contributed by atoms with E-state index >= 15 is 0 Å². The van der Waals surface area contributed by atoms with Crippen molar-refractivity contribution in [2.45, 2.75) is 18.6 Å². The molecule has 3 aliphatic rings. The Morgan fingerprint density at radius 3 is 3.05 bits per heavy atom. The molecular weight excluding hydrogens is 264 g/mol. The molecule has 2 bridgehead atoms. The predicted octanol–water partition coefficient (Wildman–Crippen LogP) is -0.981. The van der Waals surface area contributed by atoms with Crippen molar-refractivity contribution in [2.75, 3.05) is 11.4 Å². The van der Waals surface area contributed by atoms with Gasteiger partial charge < -0.3 is 19.2 Å². The van der Waals surface area contributed by atoms with E-state index < -0.39 is 29.5 Å². The molecule has 1 amide bonds. The first-order valence-corrected chi connectivity index (χ1v) is 6.34. The minimum absolute atomic E-state index is 0.249. The largest absolute Gasteiger partial charge is 0.550 e. The van der Waals surface area contributed by atoms with Crippen LogP contribution in [0, 0.1) is 18.8 Å². The maximum absolute atomic E-state index is 12.5. The number of hydrogen-bond acceptors (Lipinski definition) is 6. The van der Waals surface area contributed by atoms with Crippen molar-refractivity contribution in [3.05, 3.63) is 24.0 Å². The van der Waals surface area contributed by atoms with Crippen LogP contribution in [0.3, 0.4) is 0 Å². The fourth-order valence-corrected chi connectivity index (χ4v) is 3.44. The van der Waals surface area contributed by atoms with Crippen LogP contribution >= 0.6 is 0 Å². The quantitative estimate of drug-likeness (QED) is 0.644.